The van der Waals surface area contributed by atoms with Gasteiger partial charge in [-0.15, -0.1) is 0 Å². The highest BCUT2D eigenvalue weighted by molar-refractivity contribution is 5.25. The smallest absolute Gasteiger partial charge is 0.115 e. The van der Waals surface area contributed by atoms with Crippen molar-refractivity contribution in [3.8, 4) is 5.75 Å². The van der Waals surface area contributed by atoms with Gasteiger partial charge in [-0.1, -0.05) is 19.1 Å². The minimum absolute atomic E-state index is 0.349. The topological polar surface area (TPSA) is 35.5 Å². The number of nitrogens with zero attached hydrogens (tertiary/aromatic N) is 1. The van der Waals surface area contributed by atoms with Crippen molar-refractivity contribution in [2.75, 3.05) is 26.2 Å². The van der Waals surface area contributed by atoms with E-state index >= 15 is 0 Å². The molecule has 1 unspecified atom stereocenters. The molecule has 1 heterocycles. The molecular weight excluding hydrogens is 236 g/mol. The normalized spacial score (nSPS) is 19.8. The minimum atomic E-state index is 0.349. The lowest BCUT2D eigenvalue weighted by Gasteiger charge is -2.30. The zero-order chi connectivity index (χ0) is 13.5. The van der Waals surface area contributed by atoms with Crippen LogP contribution >= 0.6 is 0 Å². The molecule has 19 heavy (non-hydrogen) atoms. The van der Waals surface area contributed by atoms with E-state index in [0.29, 0.717) is 5.75 Å². The molecule has 2 rings (SSSR count). The lowest BCUT2D eigenvalue weighted by Crippen LogP contribution is -2.38. The van der Waals surface area contributed by atoms with Gasteiger partial charge in [-0.3, -0.25) is 4.90 Å². The van der Waals surface area contributed by atoms with E-state index in [-0.39, 0.29) is 0 Å². The number of nitrogens with one attached hydrogen (secondary N) is 1. The molecule has 1 aromatic carbocycles. The summed E-state index contributed by atoms with van der Waals surface area (Å²) in [6.07, 6.45) is 3.85. The standard InChI is InChI=1S/C16H26N2O/c1-2-10-18(13-15-4-3-9-17-11-15)12-14-5-7-16(19)8-6-14/h5-8,15,17,19H,2-4,9-13H2,1H3. The van der Waals surface area contributed by atoms with Gasteiger partial charge in [0.25, 0.3) is 0 Å². The molecule has 2 N–H and O–H groups in total. The summed E-state index contributed by atoms with van der Waals surface area (Å²) in [4.78, 5) is 2.55. The van der Waals surface area contributed by atoms with E-state index in [4.69, 9.17) is 0 Å². The van der Waals surface area contributed by atoms with E-state index in [9.17, 15) is 5.11 Å². The van der Waals surface area contributed by atoms with Crippen molar-refractivity contribution in [1.29, 1.82) is 0 Å². The van der Waals surface area contributed by atoms with Crippen LogP contribution in [0.5, 0.6) is 5.75 Å². The number of phenols is 1. The molecule has 1 saturated heterocycles. The molecular formula is C16H26N2O. The molecule has 106 valence electrons. The van der Waals surface area contributed by atoms with Gasteiger partial charge in [0, 0.05) is 13.1 Å². The highest BCUT2D eigenvalue weighted by Gasteiger charge is 2.16. The van der Waals surface area contributed by atoms with Gasteiger partial charge < -0.3 is 10.4 Å². The Balaban J connectivity index is 1.89. The van der Waals surface area contributed by atoms with Crippen molar-refractivity contribution in [2.45, 2.75) is 32.7 Å². The van der Waals surface area contributed by atoms with Gasteiger partial charge in [0.2, 0.25) is 0 Å². The second-order valence-electron chi connectivity index (χ2n) is 5.61. The van der Waals surface area contributed by atoms with Crippen LogP contribution < -0.4 is 5.32 Å². The van der Waals surface area contributed by atoms with Crippen molar-refractivity contribution in [1.82, 2.24) is 10.2 Å². The van der Waals surface area contributed by atoms with E-state index < -0.39 is 0 Å². The maximum atomic E-state index is 9.33. The molecule has 3 heteroatoms. The van der Waals surface area contributed by atoms with Crippen LogP contribution in [0.25, 0.3) is 0 Å². The summed E-state index contributed by atoms with van der Waals surface area (Å²) in [6, 6.07) is 7.61. The van der Waals surface area contributed by atoms with Crippen LogP contribution in [0.1, 0.15) is 31.7 Å². The fraction of sp³-hybridized carbons (Fsp3) is 0.625. The number of hydrogen-bond donors (Lipinski definition) is 2. The van der Waals surface area contributed by atoms with Crippen LogP contribution in [0.2, 0.25) is 0 Å². The third-order valence-corrected chi connectivity index (χ3v) is 3.80. The van der Waals surface area contributed by atoms with Crippen molar-refractivity contribution in [2.24, 2.45) is 5.92 Å². The summed E-state index contributed by atoms with van der Waals surface area (Å²) in [5, 5.41) is 12.8. The predicted molar refractivity (Wildman–Crippen MR) is 79.3 cm³/mol. The van der Waals surface area contributed by atoms with Gasteiger partial charge in [-0.25, -0.2) is 0 Å². The Morgan fingerprint density at radius 3 is 2.74 bits per heavy atom. The molecule has 0 bridgehead atoms. The van der Waals surface area contributed by atoms with Gasteiger partial charge >= 0.3 is 0 Å². The lowest BCUT2D eigenvalue weighted by molar-refractivity contribution is 0.201. The Morgan fingerprint density at radius 2 is 2.11 bits per heavy atom. The van der Waals surface area contributed by atoms with Crippen molar-refractivity contribution in [3.05, 3.63) is 29.8 Å². The third-order valence-electron chi connectivity index (χ3n) is 3.80. The van der Waals surface area contributed by atoms with Crippen LogP contribution in [-0.4, -0.2) is 36.2 Å². The van der Waals surface area contributed by atoms with Gasteiger partial charge in [0.15, 0.2) is 0 Å². The lowest BCUT2D eigenvalue weighted by atomic mass is 9.98. The molecule has 1 aromatic rings. The summed E-state index contributed by atoms with van der Waals surface area (Å²) >= 11 is 0. The Kier molecular flexibility index (Phi) is 5.67. The van der Waals surface area contributed by atoms with E-state index in [1.54, 1.807) is 12.1 Å². The number of phenolic OH excluding ortho intramolecular Hbond substituents is 1. The van der Waals surface area contributed by atoms with Crippen molar-refractivity contribution in [3.63, 3.8) is 0 Å². The quantitative estimate of drug-likeness (QED) is 0.827. The molecule has 0 aromatic heterocycles. The third kappa shape index (κ3) is 4.84. The first-order valence-electron chi connectivity index (χ1n) is 7.49. The molecule has 1 fully saturated rings. The Hall–Kier alpha value is -1.06. The van der Waals surface area contributed by atoms with E-state index in [1.165, 1.54) is 37.9 Å². The number of piperidine rings is 1. The van der Waals surface area contributed by atoms with Crippen molar-refractivity contribution >= 4 is 0 Å². The molecule has 1 aliphatic rings. The monoisotopic (exact) mass is 262 g/mol. The summed E-state index contributed by atoms with van der Waals surface area (Å²) < 4.78 is 0. The average molecular weight is 262 g/mol. The first kappa shape index (κ1) is 14.4. The Morgan fingerprint density at radius 1 is 1.32 bits per heavy atom. The minimum Gasteiger partial charge on any atom is -0.508 e. The van der Waals surface area contributed by atoms with E-state index in [1.807, 2.05) is 12.1 Å². The zero-order valence-electron chi connectivity index (χ0n) is 11.9. The molecule has 0 spiro atoms. The summed E-state index contributed by atoms with van der Waals surface area (Å²) in [7, 11) is 0. The molecule has 0 saturated carbocycles. The predicted octanol–water partition coefficient (Wildman–Crippen LogP) is 2.60. The van der Waals surface area contributed by atoms with E-state index in [0.717, 1.165) is 25.6 Å². The van der Waals surface area contributed by atoms with Gasteiger partial charge in [0.1, 0.15) is 5.75 Å². The highest BCUT2D eigenvalue weighted by Crippen LogP contribution is 2.16. The molecule has 0 amide bonds. The second-order valence-corrected chi connectivity index (χ2v) is 5.61. The first-order valence-corrected chi connectivity index (χ1v) is 7.49. The number of rotatable bonds is 6. The van der Waals surface area contributed by atoms with Crippen LogP contribution in [0.4, 0.5) is 0 Å². The van der Waals surface area contributed by atoms with Gasteiger partial charge in [-0.05, 0) is 62.5 Å². The highest BCUT2D eigenvalue weighted by atomic mass is 16.3. The number of aromatic hydroxyl groups is 1. The molecule has 1 aliphatic heterocycles. The number of benzene rings is 1. The first-order chi connectivity index (χ1) is 9.28. The van der Waals surface area contributed by atoms with Crippen LogP contribution in [0.15, 0.2) is 24.3 Å². The fourth-order valence-corrected chi connectivity index (χ4v) is 2.86. The number of hydrogen-bond acceptors (Lipinski definition) is 3. The fourth-order valence-electron chi connectivity index (χ4n) is 2.86. The van der Waals surface area contributed by atoms with E-state index in [2.05, 4.69) is 17.1 Å². The van der Waals surface area contributed by atoms with Gasteiger partial charge in [-0.2, -0.15) is 0 Å². The maximum absolute atomic E-state index is 9.33. The molecule has 0 aliphatic carbocycles. The molecule has 3 nitrogen and oxygen atoms in total. The van der Waals surface area contributed by atoms with Crippen LogP contribution in [-0.2, 0) is 6.54 Å². The summed E-state index contributed by atoms with van der Waals surface area (Å²) in [6.45, 7) is 7.91. The molecule has 1 atom stereocenters. The van der Waals surface area contributed by atoms with Gasteiger partial charge in [0.05, 0.1) is 0 Å². The zero-order valence-corrected chi connectivity index (χ0v) is 11.9. The summed E-state index contributed by atoms with van der Waals surface area (Å²) in [5.41, 5.74) is 1.29. The Bertz CT molecular complexity index is 358. The molecule has 0 radical (unpaired) electrons. The van der Waals surface area contributed by atoms with Crippen molar-refractivity contribution < 1.29 is 5.11 Å². The maximum Gasteiger partial charge on any atom is 0.115 e. The summed E-state index contributed by atoms with van der Waals surface area (Å²) in [5.74, 6) is 1.14. The van der Waals surface area contributed by atoms with Crippen LogP contribution in [0.3, 0.4) is 0 Å². The SMILES string of the molecule is CCCN(Cc1ccc(O)cc1)CC1CCCNC1. The average Bonchev–Trinajstić information content (AvgIpc) is 2.43. The van der Waals surface area contributed by atoms with Crippen LogP contribution in [0, 0.1) is 5.92 Å². The second kappa shape index (κ2) is 7.51. The Labute approximate surface area is 116 Å². The largest absolute Gasteiger partial charge is 0.508 e.